The van der Waals surface area contributed by atoms with E-state index in [0.29, 0.717) is 17.8 Å². The van der Waals surface area contributed by atoms with E-state index in [-0.39, 0.29) is 0 Å². The van der Waals surface area contributed by atoms with Crippen LogP contribution in [0.3, 0.4) is 0 Å². The zero-order chi connectivity index (χ0) is 10.6. The lowest BCUT2D eigenvalue weighted by atomic mass is 9.86. The Kier molecular flexibility index (Phi) is 4.32. The number of nitrogens with one attached hydrogen (secondary N) is 1. The minimum Gasteiger partial charge on any atom is -0.360 e. The summed E-state index contributed by atoms with van der Waals surface area (Å²) >= 11 is 1.56. The van der Waals surface area contributed by atoms with Crippen molar-refractivity contribution in [1.82, 2.24) is 10.2 Å². The van der Waals surface area contributed by atoms with Gasteiger partial charge in [-0.05, 0) is 17.8 Å². The molecule has 0 saturated carbocycles. The molecule has 0 aliphatic carbocycles. The van der Waals surface area contributed by atoms with Crippen LogP contribution < -0.4 is 5.32 Å². The molecule has 0 aliphatic heterocycles. The molecule has 0 atom stereocenters. The first-order valence-corrected chi connectivity index (χ1v) is 5.99. The van der Waals surface area contributed by atoms with E-state index in [1.807, 2.05) is 0 Å². The molecule has 0 amide bonds. The molecular weight excluding hydrogens is 194 g/mol. The fourth-order valence-electron chi connectivity index (χ4n) is 1.70. The van der Waals surface area contributed by atoms with Crippen LogP contribution >= 0.6 is 11.3 Å². The SMILES string of the molecule is CC(C)C(CNc1nncs1)C(C)C. The molecular formula is C10H19N3S. The molecule has 1 rings (SSSR count). The Balaban J connectivity index is 2.41. The third-order valence-corrected chi connectivity index (χ3v) is 3.21. The molecule has 1 N–H and O–H groups in total. The molecule has 3 nitrogen and oxygen atoms in total. The van der Waals surface area contributed by atoms with Crippen LogP contribution in [0.15, 0.2) is 5.51 Å². The van der Waals surface area contributed by atoms with Gasteiger partial charge < -0.3 is 5.32 Å². The molecule has 80 valence electrons. The Morgan fingerprint density at radius 1 is 1.29 bits per heavy atom. The number of aromatic nitrogens is 2. The Hall–Kier alpha value is -0.640. The van der Waals surface area contributed by atoms with E-state index in [2.05, 4.69) is 43.2 Å². The van der Waals surface area contributed by atoms with Crippen LogP contribution in [0.25, 0.3) is 0 Å². The molecule has 0 bridgehead atoms. The lowest BCUT2D eigenvalue weighted by Crippen LogP contribution is -2.24. The maximum Gasteiger partial charge on any atom is 0.205 e. The molecule has 1 aromatic heterocycles. The molecule has 4 heteroatoms. The van der Waals surface area contributed by atoms with Crippen molar-refractivity contribution in [2.75, 3.05) is 11.9 Å². The summed E-state index contributed by atoms with van der Waals surface area (Å²) in [5.74, 6) is 2.10. The lowest BCUT2D eigenvalue weighted by molar-refractivity contribution is 0.304. The fraction of sp³-hybridized carbons (Fsp3) is 0.800. The summed E-state index contributed by atoms with van der Waals surface area (Å²) in [6, 6.07) is 0. The number of rotatable bonds is 5. The Labute approximate surface area is 89.9 Å². The highest BCUT2D eigenvalue weighted by atomic mass is 32.1. The summed E-state index contributed by atoms with van der Waals surface area (Å²) in [5, 5.41) is 12.0. The van der Waals surface area contributed by atoms with Gasteiger partial charge in [0.05, 0.1) is 0 Å². The molecule has 0 radical (unpaired) electrons. The van der Waals surface area contributed by atoms with Gasteiger partial charge in [0.2, 0.25) is 5.13 Å². The van der Waals surface area contributed by atoms with Crippen molar-refractivity contribution in [3.8, 4) is 0 Å². The molecule has 1 aromatic rings. The zero-order valence-electron chi connectivity index (χ0n) is 9.32. The summed E-state index contributed by atoms with van der Waals surface area (Å²) < 4.78 is 0. The van der Waals surface area contributed by atoms with Crippen LogP contribution in [0.2, 0.25) is 0 Å². The van der Waals surface area contributed by atoms with Gasteiger partial charge in [-0.25, -0.2) is 0 Å². The largest absolute Gasteiger partial charge is 0.360 e. The molecule has 14 heavy (non-hydrogen) atoms. The summed E-state index contributed by atoms with van der Waals surface area (Å²) in [4.78, 5) is 0. The van der Waals surface area contributed by atoms with E-state index in [1.165, 1.54) is 0 Å². The maximum absolute atomic E-state index is 3.96. The second kappa shape index (κ2) is 5.29. The van der Waals surface area contributed by atoms with Crippen molar-refractivity contribution in [2.24, 2.45) is 17.8 Å². The highest BCUT2D eigenvalue weighted by molar-refractivity contribution is 7.13. The number of anilines is 1. The Morgan fingerprint density at radius 2 is 1.93 bits per heavy atom. The van der Waals surface area contributed by atoms with Crippen LogP contribution in [-0.4, -0.2) is 16.7 Å². The molecule has 0 spiro atoms. The van der Waals surface area contributed by atoms with Crippen LogP contribution in [0, 0.1) is 17.8 Å². The van der Waals surface area contributed by atoms with Gasteiger partial charge in [0.15, 0.2) is 0 Å². The first-order chi connectivity index (χ1) is 6.61. The summed E-state index contributed by atoms with van der Waals surface area (Å²) in [5.41, 5.74) is 1.75. The highest BCUT2D eigenvalue weighted by Crippen LogP contribution is 2.21. The molecule has 0 aromatic carbocycles. The highest BCUT2D eigenvalue weighted by Gasteiger charge is 2.17. The van der Waals surface area contributed by atoms with E-state index in [9.17, 15) is 0 Å². The van der Waals surface area contributed by atoms with Gasteiger partial charge in [0.25, 0.3) is 0 Å². The van der Waals surface area contributed by atoms with E-state index in [0.717, 1.165) is 11.7 Å². The van der Waals surface area contributed by atoms with Crippen LogP contribution in [0.5, 0.6) is 0 Å². The Morgan fingerprint density at radius 3 is 2.36 bits per heavy atom. The van der Waals surface area contributed by atoms with E-state index in [1.54, 1.807) is 16.8 Å². The monoisotopic (exact) mass is 213 g/mol. The normalized spacial score (nSPS) is 11.6. The van der Waals surface area contributed by atoms with Crippen LogP contribution in [-0.2, 0) is 0 Å². The average molecular weight is 213 g/mol. The van der Waals surface area contributed by atoms with Gasteiger partial charge in [-0.15, -0.1) is 10.2 Å². The lowest BCUT2D eigenvalue weighted by Gasteiger charge is -2.24. The van der Waals surface area contributed by atoms with Gasteiger partial charge in [0, 0.05) is 6.54 Å². The van der Waals surface area contributed by atoms with Gasteiger partial charge in [-0.3, -0.25) is 0 Å². The zero-order valence-corrected chi connectivity index (χ0v) is 10.1. The van der Waals surface area contributed by atoms with Crippen LogP contribution in [0.4, 0.5) is 5.13 Å². The summed E-state index contributed by atoms with van der Waals surface area (Å²) in [6.45, 7) is 10.1. The predicted octanol–water partition coefficient (Wildman–Crippen LogP) is 2.88. The smallest absolute Gasteiger partial charge is 0.205 e. The first kappa shape index (κ1) is 11.4. The van der Waals surface area contributed by atoms with Crippen LogP contribution in [0.1, 0.15) is 27.7 Å². The Bertz CT molecular complexity index is 236. The molecule has 0 fully saturated rings. The second-order valence-electron chi connectivity index (χ2n) is 4.28. The number of hydrogen-bond acceptors (Lipinski definition) is 4. The quantitative estimate of drug-likeness (QED) is 0.817. The fourth-order valence-corrected chi connectivity index (χ4v) is 2.15. The maximum atomic E-state index is 3.96. The third-order valence-electron chi connectivity index (χ3n) is 2.56. The topological polar surface area (TPSA) is 37.8 Å². The van der Waals surface area contributed by atoms with Crippen molar-refractivity contribution in [3.63, 3.8) is 0 Å². The molecule has 0 unspecified atom stereocenters. The minimum atomic E-state index is 0.693. The van der Waals surface area contributed by atoms with E-state index >= 15 is 0 Å². The summed E-state index contributed by atoms with van der Waals surface area (Å²) in [6.07, 6.45) is 0. The standard InChI is InChI=1S/C10H19N3S/c1-7(2)9(8(3)4)5-11-10-13-12-6-14-10/h6-9H,5H2,1-4H3,(H,11,13). The number of hydrogen-bond donors (Lipinski definition) is 1. The summed E-state index contributed by atoms with van der Waals surface area (Å²) in [7, 11) is 0. The third kappa shape index (κ3) is 3.25. The van der Waals surface area contributed by atoms with Crippen molar-refractivity contribution < 1.29 is 0 Å². The second-order valence-corrected chi connectivity index (χ2v) is 5.11. The van der Waals surface area contributed by atoms with Gasteiger partial charge in [-0.2, -0.15) is 0 Å². The van der Waals surface area contributed by atoms with Crippen molar-refractivity contribution >= 4 is 16.5 Å². The van der Waals surface area contributed by atoms with Gasteiger partial charge in [0.1, 0.15) is 5.51 Å². The van der Waals surface area contributed by atoms with E-state index in [4.69, 9.17) is 0 Å². The average Bonchev–Trinajstić information content (AvgIpc) is 2.55. The van der Waals surface area contributed by atoms with Crippen molar-refractivity contribution in [3.05, 3.63) is 5.51 Å². The first-order valence-electron chi connectivity index (χ1n) is 5.11. The molecule has 0 aliphatic rings. The minimum absolute atomic E-state index is 0.693. The van der Waals surface area contributed by atoms with Crippen molar-refractivity contribution in [2.45, 2.75) is 27.7 Å². The predicted molar refractivity (Wildman–Crippen MR) is 61.6 cm³/mol. The van der Waals surface area contributed by atoms with Crippen molar-refractivity contribution in [1.29, 1.82) is 0 Å². The molecule has 1 heterocycles. The van der Waals surface area contributed by atoms with Gasteiger partial charge in [-0.1, -0.05) is 39.0 Å². The van der Waals surface area contributed by atoms with E-state index < -0.39 is 0 Å². The van der Waals surface area contributed by atoms with Gasteiger partial charge >= 0.3 is 0 Å². The molecule has 0 saturated heterocycles. The number of nitrogens with zero attached hydrogens (tertiary/aromatic N) is 2.